The first-order valence-corrected chi connectivity index (χ1v) is 12.0. The summed E-state index contributed by atoms with van der Waals surface area (Å²) in [6.07, 6.45) is 1.96. The van der Waals surface area contributed by atoms with E-state index in [9.17, 15) is 17.6 Å². The van der Waals surface area contributed by atoms with E-state index in [1.54, 1.807) is 53.2 Å². The number of nitrogens with zero attached hydrogens (tertiary/aromatic N) is 3. The van der Waals surface area contributed by atoms with E-state index in [1.165, 1.54) is 41.8 Å². The summed E-state index contributed by atoms with van der Waals surface area (Å²) >= 11 is 0. The summed E-state index contributed by atoms with van der Waals surface area (Å²) in [5, 5.41) is 7.06. The minimum atomic E-state index is -3.83. The van der Waals surface area contributed by atoms with Gasteiger partial charge in [0, 0.05) is 12.7 Å². The van der Waals surface area contributed by atoms with E-state index in [0.29, 0.717) is 34.7 Å². The summed E-state index contributed by atoms with van der Waals surface area (Å²) in [4.78, 5) is 13.1. The van der Waals surface area contributed by atoms with Gasteiger partial charge in [0.2, 0.25) is 0 Å². The topological polar surface area (TPSA) is 84.3 Å². The van der Waals surface area contributed by atoms with Crippen molar-refractivity contribution in [2.24, 2.45) is 0 Å². The highest BCUT2D eigenvalue weighted by Gasteiger charge is 2.22. The molecular weight excluding hydrogens is 455 g/mol. The molecule has 0 spiro atoms. The lowest BCUT2D eigenvalue weighted by atomic mass is 10.2. The van der Waals surface area contributed by atoms with Gasteiger partial charge >= 0.3 is 0 Å². The molecule has 174 valence electrons. The second kappa shape index (κ2) is 9.48. The molecular formula is C25H23FN4O3S. The van der Waals surface area contributed by atoms with Crippen molar-refractivity contribution in [2.45, 2.75) is 18.2 Å². The molecule has 7 nitrogen and oxygen atoms in total. The Kier molecular flexibility index (Phi) is 6.47. The lowest BCUT2D eigenvalue weighted by Crippen LogP contribution is -2.26. The molecule has 0 fully saturated rings. The number of anilines is 2. The number of halogens is 1. The van der Waals surface area contributed by atoms with Gasteiger partial charge in [-0.05, 0) is 61.0 Å². The quantitative estimate of drug-likeness (QED) is 0.419. The molecule has 9 heteroatoms. The van der Waals surface area contributed by atoms with Crippen LogP contribution in [0.3, 0.4) is 0 Å². The third-order valence-corrected chi connectivity index (χ3v) is 7.17. The van der Waals surface area contributed by atoms with E-state index in [-0.39, 0.29) is 10.7 Å². The van der Waals surface area contributed by atoms with Crippen LogP contribution in [-0.2, 0) is 16.4 Å². The normalized spacial score (nSPS) is 11.3. The Morgan fingerprint density at radius 3 is 2.41 bits per heavy atom. The number of hydrogen-bond acceptors (Lipinski definition) is 4. The number of sulfonamides is 1. The van der Waals surface area contributed by atoms with Gasteiger partial charge in [0.15, 0.2) is 0 Å². The fraction of sp³-hybridized carbons (Fsp3) is 0.120. The number of carbonyl (C=O) groups excluding carboxylic acids is 1. The Balaban J connectivity index is 1.59. The Hall–Kier alpha value is -3.98. The lowest BCUT2D eigenvalue weighted by molar-refractivity contribution is 0.102. The van der Waals surface area contributed by atoms with Crippen LogP contribution >= 0.6 is 0 Å². The number of benzene rings is 3. The molecule has 1 aromatic heterocycles. The zero-order chi connectivity index (χ0) is 24.3. The fourth-order valence-corrected chi connectivity index (χ4v) is 4.82. The van der Waals surface area contributed by atoms with Crippen molar-refractivity contribution in [3.8, 4) is 5.69 Å². The molecule has 0 saturated carbocycles. The van der Waals surface area contributed by atoms with Gasteiger partial charge in [0.05, 0.1) is 33.7 Å². The third-order valence-electron chi connectivity index (χ3n) is 5.39. The fourth-order valence-electron chi connectivity index (χ4n) is 3.58. The van der Waals surface area contributed by atoms with E-state index < -0.39 is 15.9 Å². The Morgan fingerprint density at radius 2 is 1.74 bits per heavy atom. The minimum Gasteiger partial charge on any atom is -0.322 e. The second-order valence-corrected chi connectivity index (χ2v) is 9.51. The number of carbonyl (C=O) groups is 1. The molecule has 0 atom stereocenters. The highest BCUT2D eigenvalue weighted by Crippen LogP contribution is 2.24. The molecule has 0 aliphatic carbocycles. The maximum Gasteiger partial charge on any atom is 0.264 e. The van der Waals surface area contributed by atoms with Crippen molar-refractivity contribution in [2.75, 3.05) is 16.7 Å². The first-order valence-electron chi connectivity index (χ1n) is 10.6. The smallest absolute Gasteiger partial charge is 0.264 e. The number of aromatic nitrogens is 2. The van der Waals surface area contributed by atoms with Gasteiger partial charge < -0.3 is 5.32 Å². The van der Waals surface area contributed by atoms with Crippen molar-refractivity contribution in [3.63, 3.8) is 0 Å². The number of para-hydroxylation sites is 1. The van der Waals surface area contributed by atoms with E-state index in [4.69, 9.17) is 0 Å². The van der Waals surface area contributed by atoms with Gasteiger partial charge in [0.25, 0.3) is 15.9 Å². The summed E-state index contributed by atoms with van der Waals surface area (Å²) in [5.41, 5.74) is 2.49. The second-order valence-electron chi connectivity index (χ2n) is 7.54. The van der Waals surface area contributed by atoms with Gasteiger partial charge in [0.1, 0.15) is 5.82 Å². The van der Waals surface area contributed by atoms with Crippen molar-refractivity contribution >= 4 is 27.3 Å². The highest BCUT2D eigenvalue weighted by molar-refractivity contribution is 7.92. The minimum absolute atomic E-state index is 0.0503. The highest BCUT2D eigenvalue weighted by atomic mass is 32.2. The van der Waals surface area contributed by atoms with Crippen LogP contribution in [0, 0.1) is 5.82 Å². The van der Waals surface area contributed by atoms with E-state index in [1.807, 2.05) is 13.0 Å². The Morgan fingerprint density at radius 1 is 1.03 bits per heavy atom. The molecule has 0 bridgehead atoms. The van der Waals surface area contributed by atoms with Crippen LogP contribution in [0.5, 0.6) is 0 Å². The maximum atomic E-state index is 13.3. The molecule has 1 N–H and O–H groups in total. The van der Waals surface area contributed by atoms with Crippen LogP contribution in [0.2, 0.25) is 0 Å². The lowest BCUT2D eigenvalue weighted by Gasteiger charge is -2.20. The zero-order valence-electron chi connectivity index (χ0n) is 18.6. The van der Waals surface area contributed by atoms with Crippen LogP contribution in [-0.4, -0.2) is 31.2 Å². The third kappa shape index (κ3) is 4.55. The predicted molar refractivity (Wildman–Crippen MR) is 129 cm³/mol. The average molecular weight is 479 g/mol. The Bertz CT molecular complexity index is 1420. The number of hydrogen-bond donors (Lipinski definition) is 1. The van der Waals surface area contributed by atoms with Gasteiger partial charge in [-0.2, -0.15) is 5.10 Å². The molecule has 34 heavy (non-hydrogen) atoms. The summed E-state index contributed by atoms with van der Waals surface area (Å²) in [6.45, 7) is 1.89. The van der Waals surface area contributed by atoms with Gasteiger partial charge in [-0.25, -0.2) is 17.5 Å². The average Bonchev–Trinajstić information content (AvgIpc) is 3.29. The molecule has 0 aliphatic heterocycles. The van der Waals surface area contributed by atoms with E-state index in [0.717, 1.165) is 0 Å². The largest absolute Gasteiger partial charge is 0.322 e. The number of nitrogens with one attached hydrogen (secondary N) is 1. The van der Waals surface area contributed by atoms with E-state index in [2.05, 4.69) is 10.4 Å². The zero-order valence-corrected chi connectivity index (χ0v) is 19.5. The molecule has 0 unspecified atom stereocenters. The number of rotatable bonds is 7. The molecule has 0 aliphatic rings. The monoisotopic (exact) mass is 478 g/mol. The van der Waals surface area contributed by atoms with Crippen LogP contribution in [0.15, 0.2) is 90.0 Å². The van der Waals surface area contributed by atoms with Gasteiger partial charge in [-0.3, -0.25) is 9.10 Å². The van der Waals surface area contributed by atoms with Crippen molar-refractivity contribution in [1.29, 1.82) is 0 Å². The summed E-state index contributed by atoms with van der Waals surface area (Å²) < 4.78 is 42.3. The van der Waals surface area contributed by atoms with Gasteiger partial charge in [-0.1, -0.05) is 31.2 Å². The number of amides is 1. The van der Waals surface area contributed by atoms with Crippen molar-refractivity contribution < 1.29 is 17.6 Å². The maximum absolute atomic E-state index is 13.3. The predicted octanol–water partition coefficient (Wildman–Crippen LogP) is 4.65. The first-order chi connectivity index (χ1) is 16.3. The van der Waals surface area contributed by atoms with Crippen LogP contribution in [0.4, 0.5) is 15.8 Å². The van der Waals surface area contributed by atoms with Gasteiger partial charge in [-0.15, -0.1) is 0 Å². The molecule has 3 aromatic carbocycles. The molecule has 0 saturated heterocycles. The molecule has 0 radical (unpaired) electrons. The first kappa shape index (κ1) is 23.2. The molecule has 1 amide bonds. The van der Waals surface area contributed by atoms with Crippen LogP contribution < -0.4 is 9.62 Å². The van der Waals surface area contributed by atoms with Crippen molar-refractivity contribution in [1.82, 2.24) is 9.78 Å². The molecule has 4 aromatic rings. The van der Waals surface area contributed by atoms with Crippen LogP contribution in [0.1, 0.15) is 23.0 Å². The summed E-state index contributed by atoms with van der Waals surface area (Å²) in [6, 6.07) is 20.7. The van der Waals surface area contributed by atoms with Crippen LogP contribution in [0.25, 0.3) is 5.69 Å². The molecule has 4 rings (SSSR count). The summed E-state index contributed by atoms with van der Waals surface area (Å²) in [5.74, 6) is -0.782. The standard InChI is InChI=1S/C25H23FN4O3S/c1-3-24-23(17-27-30(24)21-14-12-18(26)13-15-21)25(31)28-19-8-7-11-22(16-19)34(32,33)29(2)20-9-5-4-6-10-20/h4-17H,3H2,1-2H3,(H,28,31). The Labute approximate surface area is 197 Å². The SMILES string of the molecule is CCc1c(C(=O)Nc2cccc(S(=O)(=O)N(C)c3ccccc3)c2)cnn1-c1ccc(F)cc1. The summed E-state index contributed by atoms with van der Waals surface area (Å²) in [7, 11) is -2.35. The molecule has 1 heterocycles. The van der Waals surface area contributed by atoms with Crippen molar-refractivity contribution in [3.05, 3.63) is 102 Å². The van der Waals surface area contributed by atoms with E-state index >= 15 is 0 Å².